The number of rotatable bonds is 3. The van der Waals surface area contributed by atoms with Gasteiger partial charge in [0.2, 0.25) is 5.82 Å². The van der Waals surface area contributed by atoms with Gasteiger partial charge in [0.05, 0.1) is 5.39 Å². The van der Waals surface area contributed by atoms with Crippen molar-refractivity contribution in [3.05, 3.63) is 16.3 Å². The Kier molecular flexibility index (Phi) is 3.45. The molecule has 0 saturated carbocycles. The number of fused-ring (bicyclic) bond motifs is 3. The van der Waals surface area contributed by atoms with Crippen molar-refractivity contribution >= 4 is 33.3 Å². The first-order valence-electron chi connectivity index (χ1n) is 7.25. The molecule has 2 N–H and O–H groups in total. The molecule has 2 heterocycles. The minimum atomic E-state index is -1.09. The monoisotopic (exact) mass is 305 g/mol. The topological polar surface area (TPSA) is 82.5 Å². The van der Waals surface area contributed by atoms with Gasteiger partial charge in [0, 0.05) is 4.88 Å². The van der Waals surface area contributed by atoms with E-state index < -0.39 is 11.5 Å². The zero-order valence-electron chi connectivity index (χ0n) is 12.5. The maximum atomic E-state index is 11.3. The van der Waals surface area contributed by atoms with Crippen LogP contribution in [0.4, 0.5) is 5.82 Å². The lowest BCUT2D eigenvalue weighted by Gasteiger charge is -2.23. The molecule has 0 bridgehead atoms. The number of carbonyl (C=O) groups is 1. The summed E-state index contributed by atoms with van der Waals surface area (Å²) in [7, 11) is 0. The minimum absolute atomic E-state index is 0.682. The molecule has 21 heavy (non-hydrogen) atoms. The third-order valence-corrected chi connectivity index (χ3v) is 5.16. The van der Waals surface area contributed by atoms with Crippen molar-refractivity contribution in [2.24, 2.45) is 0 Å². The fourth-order valence-electron chi connectivity index (χ4n) is 2.80. The van der Waals surface area contributed by atoms with E-state index in [2.05, 4.69) is 9.97 Å². The SMILES string of the molecule is Cc1nc([NH2+]C(C)(C)C(=O)[O-])c2c3c(sc2n1)CCCC3. The summed E-state index contributed by atoms with van der Waals surface area (Å²) >= 11 is 1.73. The van der Waals surface area contributed by atoms with Crippen LogP contribution in [0.15, 0.2) is 0 Å². The molecule has 0 spiro atoms. The first-order chi connectivity index (χ1) is 9.88. The second kappa shape index (κ2) is 5.03. The zero-order chi connectivity index (χ0) is 15.2. The summed E-state index contributed by atoms with van der Waals surface area (Å²) in [5.74, 6) is 0.337. The van der Waals surface area contributed by atoms with Crippen LogP contribution in [0, 0.1) is 6.92 Å². The van der Waals surface area contributed by atoms with Gasteiger partial charge in [-0.3, -0.25) is 5.32 Å². The van der Waals surface area contributed by atoms with Crippen LogP contribution < -0.4 is 10.4 Å². The fourth-order valence-corrected chi connectivity index (χ4v) is 4.12. The molecular formula is C15H19N3O2S. The Balaban J connectivity index is 2.17. The molecule has 1 aliphatic rings. The lowest BCUT2D eigenvalue weighted by molar-refractivity contribution is -0.642. The Morgan fingerprint density at radius 3 is 2.71 bits per heavy atom. The maximum absolute atomic E-state index is 11.3. The van der Waals surface area contributed by atoms with Crippen molar-refractivity contribution < 1.29 is 15.2 Å². The van der Waals surface area contributed by atoms with Gasteiger partial charge in [0.15, 0.2) is 0 Å². The average molecular weight is 305 g/mol. The standard InChI is InChI=1S/C15H19N3O2S/c1-8-16-12(18-15(2,3)14(19)20)11-9-6-4-5-7-10(9)21-13(11)17-8/h4-7H2,1-3H3,(H,19,20)(H,16,17,18). The van der Waals surface area contributed by atoms with Crippen molar-refractivity contribution in [2.45, 2.75) is 52.0 Å². The van der Waals surface area contributed by atoms with Gasteiger partial charge in [-0.1, -0.05) is 0 Å². The highest BCUT2D eigenvalue weighted by Crippen LogP contribution is 2.37. The number of hydrogen-bond donors (Lipinski definition) is 1. The van der Waals surface area contributed by atoms with Crippen molar-refractivity contribution in [3.8, 4) is 0 Å². The van der Waals surface area contributed by atoms with E-state index in [0.29, 0.717) is 5.82 Å². The van der Waals surface area contributed by atoms with Crippen LogP contribution in [0.25, 0.3) is 10.2 Å². The number of aromatic nitrogens is 2. The number of nitrogens with zero attached hydrogens (tertiary/aromatic N) is 2. The van der Waals surface area contributed by atoms with E-state index in [1.165, 1.54) is 23.3 Å². The number of thiophene rings is 1. The molecule has 3 rings (SSSR count). The largest absolute Gasteiger partial charge is 0.544 e. The molecule has 1 aliphatic carbocycles. The predicted octanol–water partition coefficient (Wildman–Crippen LogP) is 0.602. The van der Waals surface area contributed by atoms with Gasteiger partial charge in [0.25, 0.3) is 0 Å². The molecule has 0 unspecified atom stereocenters. The summed E-state index contributed by atoms with van der Waals surface area (Å²) in [5.41, 5.74) is 0.277. The second-order valence-electron chi connectivity index (χ2n) is 6.20. The van der Waals surface area contributed by atoms with E-state index in [1.54, 1.807) is 30.5 Å². The molecule has 0 radical (unpaired) electrons. The maximum Gasteiger partial charge on any atom is 0.237 e. The van der Waals surface area contributed by atoms with E-state index >= 15 is 0 Å². The smallest absolute Gasteiger partial charge is 0.237 e. The highest BCUT2D eigenvalue weighted by atomic mass is 32.1. The molecule has 112 valence electrons. The first kappa shape index (κ1) is 14.4. The number of carboxylic acids is 1. The Bertz CT molecular complexity index is 721. The number of carboxylic acid groups (broad SMARTS) is 1. The number of aliphatic carboxylic acids is 1. The Hall–Kier alpha value is -1.53. The molecule has 0 fully saturated rings. The van der Waals surface area contributed by atoms with Gasteiger partial charge < -0.3 is 9.90 Å². The number of quaternary nitrogens is 1. The van der Waals surface area contributed by atoms with Gasteiger partial charge in [-0.05, 0) is 52.0 Å². The van der Waals surface area contributed by atoms with Crippen LogP contribution in [0.2, 0.25) is 0 Å². The fraction of sp³-hybridized carbons (Fsp3) is 0.533. The van der Waals surface area contributed by atoms with E-state index in [-0.39, 0.29) is 0 Å². The van der Waals surface area contributed by atoms with Crippen molar-refractivity contribution in [1.29, 1.82) is 0 Å². The van der Waals surface area contributed by atoms with Gasteiger partial charge in [0.1, 0.15) is 22.2 Å². The number of nitrogens with two attached hydrogens (primary N) is 1. The predicted molar refractivity (Wildman–Crippen MR) is 79.5 cm³/mol. The minimum Gasteiger partial charge on any atom is -0.544 e. The zero-order valence-corrected chi connectivity index (χ0v) is 13.3. The molecule has 2 aromatic rings. The van der Waals surface area contributed by atoms with E-state index in [1.807, 2.05) is 6.92 Å². The number of hydrogen-bond acceptors (Lipinski definition) is 5. The van der Waals surface area contributed by atoms with Crippen molar-refractivity contribution in [1.82, 2.24) is 9.97 Å². The molecule has 0 aliphatic heterocycles. The third kappa shape index (κ3) is 2.53. The van der Waals surface area contributed by atoms with Crippen molar-refractivity contribution in [3.63, 3.8) is 0 Å². The number of carbonyl (C=O) groups excluding carboxylic acids is 1. The average Bonchev–Trinajstić information content (AvgIpc) is 2.75. The van der Waals surface area contributed by atoms with Crippen molar-refractivity contribution in [2.75, 3.05) is 0 Å². The van der Waals surface area contributed by atoms with Gasteiger partial charge in [-0.15, -0.1) is 11.3 Å². The van der Waals surface area contributed by atoms with Gasteiger partial charge in [-0.25, -0.2) is 4.98 Å². The van der Waals surface area contributed by atoms with Crippen LogP contribution in [0.5, 0.6) is 0 Å². The molecule has 5 nitrogen and oxygen atoms in total. The van der Waals surface area contributed by atoms with E-state index in [4.69, 9.17) is 0 Å². The summed E-state index contributed by atoms with van der Waals surface area (Å²) in [6.07, 6.45) is 4.53. The molecule has 0 atom stereocenters. The lowest BCUT2D eigenvalue weighted by Crippen LogP contribution is -2.94. The molecule has 6 heteroatoms. The Morgan fingerprint density at radius 2 is 2.00 bits per heavy atom. The number of aryl methyl sites for hydroxylation is 3. The summed E-state index contributed by atoms with van der Waals surface area (Å²) in [6.45, 7) is 5.14. The molecule has 0 saturated heterocycles. The van der Waals surface area contributed by atoms with E-state index in [0.717, 1.165) is 28.9 Å². The first-order valence-corrected chi connectivity index (χ1v) is 8.06. The highest BCUT2D eigenvalue weighted by Gasteiger charge is 2.29. The molecular weight excluding hydrogens is 286 g/mol. The molecule has 2 aromatic heterocycles. The van der Waals surface area contributed by atoms with Crippen LogP contribution >= 0.6 is 11.3 Å². The normalized spacial score (nSPS) is 15.2. The van der Waals surface area contributed by atoms with Crippen LogP contribution in [0.1, 0.15) is 43.0 Å². The van der Waals surface area contributed by atoms with Crippen LogP contribution in [-0.2, 0) is 17.6 Å². The van der Waals surface area contributed by atoms with E-state index in [9.17, 15) is 9.90 Å². The van der Waals surface area contributed by atoms with Crippen LogP contribution in [-0.4, -0.2) is 21.5 Å². The van der Waals surface area contributed by atoms with Gasteiger partial charge in [-0.2, -0.15) is 4.98 Å². The summed E-state index contributed by atoms with van der Waals surface area (Å²) in [4.78, 5) is 22.7. The Morgan fingerprint density at radius 1 is 1.29 bits per heavy atom. The summed E-state index contributed by atoms with van der Waals surface area (Å²) in [5, 5.41) is 14.1. The Labute approximate surface area is 127 Å². The molecule has 0 aromatic carbocycles. The summed E-state index contributed by atoms with van der Waals surface area (Å²) in [6, 6.07) is 0. The van der Waals surface area contributed by atoms with Gasteiger partial charge >= 0.3 is 0 Å². The molecule has 0 amide bonds. The highest BCUT2D eigenvalue weighted by molar-refractivity contribution is 7.18. The second-order valence-corrected chi connectivity index (χ2v) is 7.28. The lowest BCUT2D eigenvalue weighted by atomic mass is 9.96. The summed E-state index contributed by atoms with van der Waals surface area (Å²) < 4.78 is 0. The quantitative estimate of drug-likeness (QED) is 0.900. The van der Waals surface area contributed by atoms with Crippen LogP contribution in [0.3, 0.4) is 0 Å². The third-order valence-electron chi connectivity index (χ3n) is 3.98.